The average molecular weight is 216 g/mol. The number of aromatic nitrogens is 1. The van der Waals surface area contributed by atoms with Crippen LogP contribution in [0.5, 0.6) is 0 Å². The highest BCUT2D eigenvalue weighted by Gasteiger charge is 2.40. The molecule has 1 aromatic heterocycles. The van der Waals surface area contributed by atoms with Crippen molar-refractivity contribution >= 4 is 11.6 Å². The SMILES string of the molecule is OCc1ccc(C2(F)CCC2)c(Cl)n1. The first-order valence-electron chi connectivity index (χ1n) is 4.61. The molecule has 1 aromatic rings. The molecule has 0 atom stereocenters. The van der Waals surface area contributed by atoms with Crippen LogP contribution in [0.25, 0.3) is 0 Å². The first-order valence-corrected chi connectivity index (χ1v) is 4.99. The Morgan fingerprint density at radius 2 is 2.21 bits per heavy atom. The highest BCUT2D eigenvalue weighted by molar-refractivity contribution is 6.30. The van der Waals surface area contributed by atoms with E-state index < -0.39 is 5.67 Å². The number of hydrogen-bond acceptors (Lipinski definition) is 2. The van der Waals surface area contributed by atoms with Gasteiger partial charge in [-0.15, -0.1) is 0 Å². The maximum atomic E-state index is 13.9. The minimum atomic E-state index is -1.28. The molecule has 0 spiro atoms. The number of hydrogen-bond donors (Lipinski definition) is 1. The number of alkyl halides is 1. The molecule has 2 nitrogen and oxygen atoms in total. The van der Waals surface area contributed by atoms with Crippen molar-refractivity contribution in [2.24, 2.45) is 0 Å². The molecule has 0 amide bonds. The van der Waals surface area contributed by atoms with Gasteiger partial charge in [-0.2, -0.15) is 0 Å². The lowest BCUT2D eigenvalue weighted by atomic mass is 9.77. The highest BCUT2D eigenvalue weighted by Crippen LogP contribution is 2.46. The van der Waals surface area contributed by atoms with Crippen molar-refractivity contribution in [3.63, 3.8) is 0 Å². The molecule has 1 saturated carbocycles. The maximum absolute atomic E-state index is 13.9. The Bertz CT molecular complexity index is 352. The van der Waals surface area contributed by atoms with Gasteiger partial charge in [0.05, 0.1) is 12.3 Å². The summed E-state index contributed by atoms with van der Waals surface area (Å²) in [5.74, 6) is 0. The number of nitrogens with zero attached hydrogens (tertiary/aromatic N) is 1. The van der Waals surface area contributed by atoms with E-state index in [0.29, 0.717) is 24.1 Å². The molecule has 0 aliphatic heterocycles. The zero-order valence-electron chi connectivity index (χ0n) is 7.63. The van der Waals surface area contributed by atoms with Crippen LogP contribution >= 0.6 is 11.6 Å². The predicted molar refractivity (Wildman–Crippen MR) is 51.8 cm³/mol. The molecule has 1 aliphatic carbocycles. The van der Waals surface area contributed by atoms with E-state index in [9.17, 15) is 4.39 Å². The van der Waals surface area contributed by atoms with E-state index >= 15 is 0 Å². The number of aliphatic hydroxyl groups excluding tert-OH is 1. The highest BCUT2D eigenvalue weighted by atomic mass is 35.5. The summed E-state index contributed by atoms with van der Waals surface area (Å²) in [6.45, 7) is -0.167. The van der Waals surface area contributed by atoms with Crippen molar-refractivity contribution in [1.82, 2.24) is 4.98 Å². The number of aliphatic hydroxyl groups is 1. The van der Waals surface area contributed by atoms with Crippen LogP contribution in [0.2, 0.25) is 5.15 Å². The van der Waals surface area contributed by atoms with E-state index in [0.717, 1.165) is 6.42 Å². The lowest BCUT2D eigenvalue weighted by molar-refractivity contribution is 0.0605. The largest absolute Gasteiger partial charge is 0.390 e. The molecular weight excluding hydrogens is 205 g/mol. The Morgan fingerprint density at radius 1 is 1.50 bits per heavy atom. The van der Waals surface area contributed by atoms with Crippen molar-refractivity contribution in [2.45, 2.75) is 31.5 Å². The summed E-state index contributed by atoms with van der Waals surface area (Å²) in [7, 11) is 0. The molecular formula is C10H11ClFNO. The normalized spacial score (nSPS) is 19.1. The summed E-state index contributed by atoms with van der Waals surface area (Å²) < 4.78 is 13.9. The van der Waals surface area contributed by atoms with Crippen molar-refractivity contribution in [3.05, 3.63) is 28.5 Å². The summed E-state index contributed by atoms with van der Waals surface area (Å²) >= 11 is 5.84. The summed E-state index contributed by atoms with van der Waals surface area (Å²) in [4.78, 5) is 3.92. The Kier molecular flexibility index (Phi) is 2.45. The third-order valence-electron chi connectivity index (χ3n) is 2.70. The van der Waals surface area contributed by atoms with Crippen molar-refractivity contribution in [2.75, 3.05) is 0 Å². The molecule has 1 aliphatic rings. The van der Waals surface area contributed by atoms with E-state index in [2.05, 4.69) is 4.98 Å². The standard InChI is InChI=1S/C10H11ClFNO/c11-9-8(10(12)4-1-5-10)3-2-7(6-14)13-9/h2-3,14H,1,4-6H2. The fourth-order valence-corrected chi connectivity index (χ4v) is 1.99. The summed E-state index contributed by atoms with van der Waals surface area (Å²) in [6.07, 6.45) is 1.94. The van der Waals surface area contributed by atoms with Crippen LogP contribution < -0.4 is 0 Å². The van der Waals surface area contributed by atoms with Crippen LogP contribution in [0.1, 0.15) is 30.5 Å². The van der Waals surface area contributed by atoms with E-state index in [1.807, 2.05) is 0 Å². The Hall–Kier alpha value is -0.670. The van der Waals surface area contributed by atoms with Crippen molar-refractivity contribution in [1.29, 1.82) is 0 Å². The second-order valence-electron chi connectivity index (χ2n) is 3.62. The van der Waals surface area contributed by atoms with Crippen LogP contribution in [0, 0.1) is 0 Å². The molecule has 1 fully saturated rings. The molecule has 0 unspecified atom stereocenters. The summed E-state index contributed by atoms with van der Waals surface area (Å²) in [5, 5.41) is 8.99. The Labute approximate surface area is 86.7 Å². The smallest absolute Gasteiger partial charge is 0.139 e. The van der Waals surface area contributed by atoms with Gasteiger partial charge in [-0.05, 0) is 25.3 Å². The van der Waals surface area contributed by atoms with Gasteiger partial charge in [-0.1, -0.05) is 17.7 Å². The average Bonchev–Trinajstić information content (AvgIpc) is 2.14. The van der Waals surface area contributed by atoms with Gasteiger partial charge < -0.3 is 5.11 Å². The predicted octanol–water partition coefficient (Wildman–Crippen LogP) is 2.58. The van der Waals surface area contributed by atoms with E-state index in [-0.39, 0.29) is 11.8 Å². The van der Waals surface area contributed by atoms with Crippen molar-refractivity contribution < 1.29 is 9.50 Å². The lowest BCUT2D eigenvalue weighted by Gasteiger charge is -2.34. The molecule has 4 heteroatoms. The van der Waals surface area contributed by atoms with Gasteiger partial charge in [0.2, 0.25) is 0 Å². The lowest BCUT2D eigenvalue weighted by Crippen LogP contribution is -2.29. The van der Waals surface area contributed by atoms with Crippen LogP contribution in [0.3, 0.4) is 0 Å². The van der Waals surface area contributed by atoms with Crippen LogP contribution in [0.15, 0.2) is 12.1 Å². The van der Waals surface area contributed by atoms with Gasteiger partial charge in [-0.3, -0.25) is 0 Å². The minimum Gasteiger partial charge on any atom is -0.390 e. The van der Waals surface area contributed by atoms with Crippen molar-refractivity contribution in [3.8, 4) is 0 Å². The summed E-state index contributed by atoms with van der Waals surface area (Å²) in [6, 6.07) is 3.24. The first kappa shape index (κ1) is 9.87. The van der Waals surface area contributed by atoms with E-state index in [1.54, 1.807) is 12.1 Å². The molecule has 1 heterocycles. The van der Waals surface area contributed by atoms with Gasteiger partial charge in [0.1, 0.15) is 10.8 Å². The zero-order chi connectivity index (χ0) is 10.2. The fourth-order valence-electron chi connectivity index (χ4n) is 1.65. The number of halogens is 2. The molecule has 2 rings (SSSR count). The van der Waals surface area contributed by atoms with Crippen LogP contribution in [-0.2, 0) is 12.3 Å². The quantitative estimate of drug-likeness (QED) is 0.770. The van der Waals surface area contributed by atoms with Gasteiger partial charge >= 0.3 is 0 Å². The maximum Gasteiger partial charge on any atom is 0.139 e. The fraction of sp³-hybridized carbons (Fsp3) is 0.500. The molecule has 0 aromatic carbocycles. The van der Waals surface area contributed by atoms with Gasteiger partial charge in [0.25, 0.3) is 0 Å². The zero-order valence-corrected chi connectivity index (χ0v) is 8.39. The van der Waals surface area contributed by atoms with Gasteiger partial charge in [0.15, 0.2) is 0 Å². The minimum absolute atomic E-state index is 0.167. The Balaban J connectivity index is 2.35. The van der Waals surface area contributed by atoms with Crippen LogP contribution in [0.4, 0.5) is 4.39 Å². The molecule has 14 heavy (non-hydrogen) atoms. The summed E-state index contributed by atoms with van der Waals surface area (Å²) in [5.41, 5.74) is -0.345. The number of pyridine rings is 1. The Morgan fingerprint density at radius 3 is 2.64 bits per heavy atom. The molecule has 76 valence electrons. The molecule has 0 saturated heterocycles. The second kappa shape index (κ2) is 3.48. The van der Waals surface area contributed by atoms with Gasteiger partial charge in [-0.25, -0.2) is 9.37 Å². The third kappa shape index (κ3) is 1.51. The third-order valence-corrected chi connectivity index (χ3v) is 2.99. The van der Waals surface area contributed by atoms with Gasteiger partial charge in [0, 0.05) is 5.56 Å². The second-order valence-corrected chi connectivity index (χ2v) is 3.98. The van der Waals surface area contributed by atoms with E-state index in [1.165, 1.54) is 0 Å². The number of rotatable bonds is 2. The molecule has 0 bridgehead atoms. The van der Waals surface area contributed by atoms with E-state index in [4.69, 9.17) is 16.7 Å². The van der Waals surface area contributed by atoms with Crippen LogP contribution in [-0.4, -0.2) is 10.1 Å². The molecule has 0 radical (unpaired) electrons. The molecule has 1 N–H and O–H groups in total. The topological polar surface area (TPSA) is 33.1 Å². The monoisotopic (exact) mass is 215 g/mol. The first-order chi connectivity index (χ1) is 6.65.